The highest BCUT2D eigenvalue weighted by molar-refractivity contribution is 8.00. The van der Waals surface area contributed by atoms with Gasteiger partial charge in [0, 0.05) is 11.9 Å². The third-order valence-corrected chi connectivity index (χ3v) is 3.39. The number of carbonyl (C=O) groups is 1. The molecule has 1 heterocycles. The van der Waals surface area contributed by atoms with Crippen LogP contribution in [0.25, 0.3) is 0 Å². The number of nitrogens with one attached hydrogen (secondary N) is 2. The van der Waals surface area contributed by atoms with Crippen LogP contribution in [0.15, 0.2) is 29.2 Å². The zero-order valence-corrected chi connectivity index (χ0v) is 10.6. The lowest BCUT2D eigenvalue weighted by Gasteiger charge is -2.18. The number of amidine groups is 1. The van der Waals surface area contributed by atoms with Crippen LogP contribution in [0.3, 0.4) is 0 Å². The summed E-state index contributed by atoms with van der Waals surface area (Å²) in [5.74, 6) is 0.0173. The third-order valence-electron chi connectivity index (χ3n) is 2.65. The van der Waals surface area contributed by atoms with Crippen LogP contribution in [0.4, 0.5) is 18.0 Å². The quantitative estimate of drug-likeness (QED) is 0.822. The van der Waals surface area contributed by atoms with Crippen LogP contribution >= 0.6 is 11.8 Å². The van der Waals surface area contributed by atoms with Gasteiger partial charge in [0.15, 0.2) is 0 Å². The molecule has 1 atom stereocenters. The minimum Gasteiger partial charge on any atom is -0.313 e. The highest BCUT2D eigenvalue weighted by Crippen LogP contribution is 2.37. The Morgan fingerprint density at radius 1 is 1.32 bits per heavy atom. The normalized spacial score (nSPS) is 19.8. The molecule has 8 heteroatoms. The van der Waals surface area contributed by atoms with E-state index in [2.05, 4.69) is 5.32 Å². The van der Waals surface area contributed by atoms with Gasteiger partial charge < -0.3 is 4.90 Å². The molecule has 1 aromatic rings. The highest BCUT2D eigenvalue weighted by Gasteiger charge is 2.34. The molecule has 2 amide bonds. The lowest BCUT2D eigenvalue weighted by atomic mass is 10.1. The van der Waals surface area contributed by atoms with Gasteiger partial charge in [-0.1, -0.05) is 12.1 Å². The molecule has 0 aliphatic carbocycles. The SMILES string of the molecule is CN1C(=O)NC(=N)C1c1ccc(SC(F)(F)F)cc1. The molecule has 0 radical (unpaired) electrons. The Balaban J connectivity index is 2.19. The molecule has 1 aliphatic heterocycles. The van der Waals surface area contributed by atoms with Crippen LogP contribution in [0, 0.1) is 5.41 Å². The molecule has 102 valence electrons. The van der Waals surface area contributed by atoms with Crippen molar-refractivity contribution in [3.05, 3.63) is 29.8 Å². The van der Waals surface area contributed by atoms with E-state index in [1.807, 2.05) is 0 Å². The van der Waals surface area contributed by atoms with E-state index in [1.54, 1.807) is 0 Å². The zero-order chi connectivity index (χ0) is 14.2. The topological polar surface area (TPSA) is 56.2 Å². The number of hydrogen-bond acceptors (Lipinski definition) is 3. The minimum atomic E-state index is -4.32. The first-order chi connectivity index (χ1) is 8.78. The monoisotopic (exact) mass is 289 g/mol. The van der Waals surface area contributed by atoms with Crippen molar-refractivity contribution in [1.82, 2.24) is 10.2 Å². The molecule has 0 spiro atoms. The molecule has 0 bridgehead atoms. The average molecular weight is 289 g/mol. The molecule has 0 aromatic heterocycles. The lowest BCUT2D eigenvalue weighted by Crippen LogP contribution is -2.25. The second kappa shape index (κ2) is 4.76. The Morgan fingerprint density at radius 2 is 1.89 bits per heavy atom. The summed E-state index contributed by atoms with van der Waals surface area (Å²) in [6.45, 7) is 0. The summed E-state index contributed by atoms with van der Waals surface area (Å²) in [5.41, 5.74) is -3.73. The molecular formula is C11H10F3N3OS. The number of hydrogen-bond donors (Lipinski definition) is 2. The number of rotatable bonds is 2. The second-order valence-corrected chi connectivity index (χ2v) is 5.11. The molecule has 1 unspecified atom stereocenters. The Morgan fingerprint density at radius 3 is 2.32 bits per heavy atom. The van der Waals surface area contributed by atoms with Gasteiger partial charge in [0.1, 0.15) is 11.9 Å². The maximum absolute atomic E-state index is 12.2. The summed E-state index contributed by atoms with van der Waals surface area (Å²) in [5, 5.41) is 10.00. The van der Waals surface area contributed by atoms with Gasteiger partial charge in [-0.25, -0.2) is 4.79 Å². The van der Waals surface area contributed by atoms with Gasteiger partial charge in [-0.05, 0) is 29.5 Å². The van der Waals surface area contributed by atoms with Gasteiger partial charge in [-0.15, -0.1) is 0 Å². The maximum Gasteiger partial charge on any atom is 0.446 e. The average Bonchev–Trinajstić information content (AvgIpc) is 2.53. The Labute approximate surface area is 111 Å². The van der Waals surface area contributed by atoms with Crippen LogP contribution in [-0.4, -0.2) is 29.3 Å². The summed E-state index contributed by atoms with van der Waals surface area (Å²) < 4.78 is 36.6. The summed E-state index contributed by atoms with van der Waals surface area (Å²) in [6.07, 6.45) is 0. The predicted octanol–water partition coefficient (Wildman–Crippen LogP) is 2.97. The fraction of sp³-hybridized carbons (Fsp3) is 0.273. The summed E-state index contributed by atoms with van der Waals surface area (Å²) in [7, 11) is 1.53. The summed E-state index contributed by atoms with van der Waals surface area (Å²) in [4.78, 5) is 12.7. The van der Waals surface area contributed by atoms with Gasteiger partial charge in [0.05, 0.1) is 0 Å². The van der Waals surface area contributed by atoms with Gasteiger partial charge >= 0.3 is 11.5 Å². The molecule has 0 saturated carbocycles. The summed E-state index contributed by atoms with van der Waals surface area (Å²) >= 11 is -0.196. The van der Waals surface area contributed by atoms with Crippen LogP contribution in [-0.2, 0) is 0 Å². The lowest BCUT2D eigenvalue weighted by molar-refractivity contribution is -0.0328. The van der Waals surface area contributed by atoms with Gasteiger partial charge in [-0.2, -0.15) is 13.2 Å². The number of carbonyl (C=O) groups excluding carboxylic acids is 1. The van der Waals surface area contributed by atoms with E-state index >= 15 is 0 Å². The number of alkyl halides is 3. The molecular weight excluding hydrogens is 279 g/mol. The molecule has 4 nitrogen and oxygen atoms in total. The fourth-order valence-corrected chi connectivity index (χ4v) is 2.36. The molecule has 19 heavy (non-hydrogen) atoms. The van der Waals surface area contributed by atoms with Crippen molar-refractivity contribution in [1.29, 1.82) is 5.41 Å². The van der Waals surface area contributed by atoms with Gasteiger partial charge in [0.25, 0.3) is 0 Å². The van der Waals surface area contributed by atoms with Gasteiger partial charge in [0.2, 0.25) is 0 Å². The van der Waals surface area contributed by atoms with Crippen molar-refractivity contribution in [2.45, 2.75) is 16.4 Å². The number of amides is 2. The molecule has 2 rings (SSSR count). The van der Waals surface area contributed by atoms with Crippen LogP contribution in [0.5, 0.6) is 0 Å². The van der Waals surface area contributed by atoms with Crippen molar-refractivity contribution in [2.75, 3.05) is 7.05 Å². The highest BCUT2D eigenvalue weighted by atomic mass is 32.2. The first-order valence-corrected chi connectivity index (χ1v) is 6.07. The number of halogens is 3. The van der Waals surface area contributed by atoms with Gasteiger partial charge in [-0.3, -0.25) is 10.7 Å². The summed E-state index contributed by atoms with van der Waals surface area (Å²) in [6, 6.07) is 4.67. The van der Waals surface area contributed by atoms with Crippen molar-refractivity contribution in [2.24, 2.45) is 0 Å². The standard InChI is InChI=1S/C11H10F3N3OS/c1-17-8(9(15)16-10(17)18)6-2-4-7(5-3-6)19-11(12,13)14/h2-5,8H,1H3,(H2,15,16,18). The third kappa shape index (κ3) is 3.01. The van der Waals surface area contributed by atoms with E-state index in [1.165, 1.54) is 36.2 Å². The number of likely N-dealkylation sites (N-methyl/N-ethyl adjacent to an activating group) is 1. The Hall–Kier alpha value is -1.70. The number of benzene rings is 1. The van der Waals surface area contributed by atoms with Crippen LogP contribution in [0.1, 0.15) is 11.6 Å². The van der Waals surface area contributed by atoms with Crippen molar-refractivity contribution >= 4 is 23.6 Å². The largest absolute Gasteiger partial charge is 0.446 e. The molecule has 2 N–H and O–H groups in total. The Kier molecular flexibility index (Phi) is 3.44. The Bertz CT molecular complexity index is 515. The van der Waals surface area contributed by atoms with E-state index in [0.717, 1.165) is 0 Å². The maximum atomic E-state index is 12.2. The van der Waals surface area contributed by atoms with Crippen molar-refractivity contribution in [3.8, 4) is 0 Å². The van der Waals surface area contributed by atoms with Crippen molar-refractivity contribution < 1.29 is 18.0 Å². The van der Waals surface area contributed by atoms with E-state index < -0.39 is 17.6 Å². The van der Waals surface area contributed by atoms with Crippen molar-refractivity contribution in [3.63, 3.8) is 0 Å². The number of urea groups is 1. The van der Waals surface area contributed by atoms with E-state index in [9.17, 15) is 18.0 Å². The number of nitrogens with zero attached hydrogens (tertiary/aromatic N) is 1. The first kappa shape index (κ1) is 13.7. The molecule has 1 saturated heterocycles. The van der Waals surface area contributed by atoms with E-state index in [-0.39, 0.29) is 22.5 Å². The minimum absolute atomic E-state index is 0.0173. The van der Waals surface area contributed by atoms with E-state index in [4.69, 9.17) is 5.41 Å². The smallest absolute Gasteiger partial charge is 0.313 e. The first-order valence-electron chi connectivity index (χ1n) is 5.26. The molecule has 1 aliphatic rings. The second-order valence-electron chi connectivity index (χ2n) is 3.97. The predicted molar refractivity (Wildman–Crippen MR) is 65.1 cm³/mol. The zero-order valence-electron chi connectivity index (χ0n) is 9.78. The molecule has 1 aromatic carbocycles. The number of thioether (sulfide) groups is 1. The van der Waals surface area contributed by atoms with E-state index in [0.29, 0.717) is 5.56 Å². The van der Waals surface area contributed by atoms with Crippen LogP contribution < -0.4 is 5.32 Å². The molecule has 1 fully saturated rings. The fourth-order valence-electron chi connectivity index (χ4n) is 1.82. The van der Waals surface area contributed by atoms with Crippen LogP contribution in [0.2, 0.25) is 0 Å².